The van der Waals surface area contributed by atoms with Gasteiger partial charge in [-0.2, -0.15) is 0 Å². The van der Waals surface area contributed by atoms with Crippen molar-refractivity contribution in [1.29, 1.82) is 0 Å². The van der Waals surface area contributed by atoms with Crippen molar-refractivity contribution in [2.45, 2.75) is 0 Å². The van der Waals surface area contributed by atoms with Gasteiger partial charge in [-0.1, -0.05) is 54.6 Å². The standard InChI is InChI=1S/C42H24N2O4/c45-42-31-22-28(25-17-19-43-20-18-25)12-15-35(31)46-36-16-13-29(23-32(36)42)26-5-3-6-27(21-26)30-11-14-34-40(24-30)48-39-10-4-9-38-41(39)44(34)33-7-1-2-8-37(33)47-38/h1-24H. The molecule has 0 atom stereocenters. The number of anilines is 3. The Labute approximate surface area is 274 Å². The van der Waals surface area contributed by atoms with Crippen LogP contribution in [0.15, 0.2) is 155 Å². The second kappa shape index (κ2) is 10.2. The molecule has 0 bridgehead atoms. The summed E-state index contributed by atoms with van der Waals surface area (Å²) in [6.45, 7) is 0. The van der Waals surface area contributed by atoms with Gasteiger partial charge in [-0.25, -0.2) is 0 Å². The summed E-state index contributed by atoms with van der Waals surface area (Å²) in [6, 6.07) is 44.0. The summed E-state index contributed by atoms with van der Waals surface area (Å²) < 4.78 is 18.9. The first-order valence-corrected chi connectivity index (χ1v) is 15.7. The monoisotopic (exact) mass is 620 g/mol. The van der Waals surface area contributed by atoms with Gasteiger partial charge in [0, 0.05) is 12.4 Å². The summed E-state index contributed by atoms with van der Waals surface area (Å²) in [6.07, 6.45) is 3.49. The van der Waals surface area contributed by atoms with E-state index in [1.807, 2.05) is 91.0 Å². The van der Waals surface area contributed by atoms with Gasteiger partial charge in [0.05, 0.1) is 22.1 Å². The first-order valence-electron chi connectivity index (χ1n) is 15.7. The molecule has 0 fully saturated rings. The fourth-order valence-corrected chi connectivity index (χ4v) is 6.82. The van der Waals surface area contributed by atoms with Crippen LogP contribution < -0.4 is 19.8 Å². The minimum Gasteiger partial charge on any atom is -0.456 e. The smallest absolute Gasteiger partial charge is 0.200 e. The molecule has 0 saturated heterocycles. The maximum atomic E-state index is 13.8. The highest BCUT2D eigenvalue weighted by molar-refractivity contribution is 5.96. The molecular weight excluding hydrogens is 596 g/mol. The zero-order valence-corrected chi connectivity index (χ0v) is 25.4. The summed E-state index contributed by atoms with van der Waals surface area (Å²) >= 11 is 0. The van der Waals surface area contributed by atoms with Gasteiger partial charge in [0.25, 0.3) is 0 Å². The Morgan fingerprint density at radius 1 is 0.458 bits per heavy atom. The Bertz CT molecular complexity index is 2660. The predicted molar refractivity (Wildman–Crippen MR) is 189 cm³/mol. The number of fused-ring (bicyclic) bond motifs is 6. The van der Waals surface area contributed by atoms with E-state index in [4.69, 9.17) is 13.9 Å². The lowest BCUT2D eigenvalue weighted by Crippen LogP contribution is -2.20. The van der Waals surface area contributed by atoms with E-state index in [0.717, 1.165) is 73.4 Å². The third-order valence-corrected chi connectivity index (χ3v) is 9.14. The van der Waals surface area contributed by atoms with E-state index in [-0.39, 0.29) is 5.43 Å². The fraction of sp³-hybridized carbons (Fsp3) is 0. The van der Waals surface area contributed by atoms with Crippen LogP contribution >= 0.6 is 0 Å². The van der Waals surface area contributed by atoms with Crippen LogP contribution in [0.25, 0.3) is 55.3 Å². The highest BCUT2D eigenvalue weighted by Crippen LogP contribution is 2.59. The molecule has 2 aliphatic rings. The second-order valence-corrected chi connectivity index (χ2v) is 12.0. The Morgan fingerprint density at radius 2 is 1.02 bits per heavy atom. The molecule has 0 saturated carbocycles. The summed E-state index contributed by atoms with van der Waals surface area (Å²) in [4.78, 5) is 20.1. The van der Waals surface area contributed by atoms with Crippen LogP contribution in [0.5, 0.6) is 23.0 Å². The molecule has 0 unspecified atom stereocenters. The van der Waals surface area contributed by atoms with Crippen molar-refractivity contribution in [3.63, 3.8) is 0 Å². The van der Waals surface area contributed by atoms with Crippen molar-refractivity contribution < 1.29 is 13.9 Å². The number of hydrogen-bond acceptors (Lipinski definition) is 6. The third-order valence-electron chi connectivity index (χ3n) is 9.14. The molecule has 2 aliphatic heterocycles. The van der Waals surface area contributed by atoms with Crippen LogP contribution in [0.3, 0.4) is 0 Å². The minimum absolute atomic E-state index is 0.0554. The van der Waals surface area contributed by atoms with Gasteiger partial charge >= 0.3 is 0 Å². The molecule has 0 spiro atoms. The Morgan fingerprint density at radius 3 is 1.77 bits per heavy atom. The van der Waals surface area contributed by atoms with E-state index in [1.54, 1.807) is 12.4 Å². The van der Waals surface area contributed by atoms with Gasteiger partial charge in [-0.3, -0.25) is 14.7 Å². The largest absolute Gasteiger partial charge is 0.456 e. The maximum absolute atomic E-state index is 13.8. The molecule has 0 N–H and O–H groups in total. The summed E-state index contributed by atoms with van der Waals surface area (Å²) in [5.41, 5.74) is 9.81. The molecular formula is C42H24N2O4. The van der Waals surface area contributed by atoms with E-state index in [1.165, 1.54) is 0 Å². The van der Waals surface area contributed by atoms with Gasteiger partial charge in [-0.05, 0) is 112 Å². The molecule has 0 amide bonds. The summed E-state index contributed by atoms with van der Waals surface area (Å²) in [7, 11) is 0. The van der Waals surface area contributed by atoms with Gasteiger partial charge in [0.2, 0.25) is 5.43 Å². The average molecular weight is 621 g/mol. The first-order chi connectivity index (χ1) is 23.7. The molecule has 4 heterocycles. The van der Waals surface area contributed by atoms with E-state index >= 15 is 0 Å². The molecule has 48 heavy (non-hydrogen) atoms. The van der Waals surface area contributed by atoms with Crippen LogP contribution in [0.4, 0.5) is 17.1 Å². The van der Waals surface area contributed by atoms with Crippen molar-refractivity contribution in [2.75, 3.05) is 4.90 Å². The zero-order chi connectivity index (χ0) is 31.8. The fourth-order valence-electron chi connectivity index (χ4n) is 6.82. The summed E-state index contributed by atoms with van der Waals surface area (Å²) in [5, 5.41) is 1.09. The molecule has 6 aromatic carbocycles. The van der Waals surface area contributed by atoms with Crippen molar-refractivity contribution in [1.82, 2.24) is 4.98 Å². The lowest BCUT2D eigenvalue weighted by atomic mass is 9.97. The highest BCUT2D eigenvalue weighted by atomic mass is 16.5. The number of pyridine rings is 1. The van der Waals surface area contributed by atoms with E-state index < -0.39 is 0 Å². The third kappa shape index (κ3) is 4.06. The lowest BCUT2D eigenvalue weighted by Gasteiger charge is -2.37. The Kier molecular flexibility index (Phi) is 5.63. The van der Waals surface area contributed by atoms with Crippen LogP contribution in [0.2, 0.25) is 0 Å². The number of benzene rings is 6. The lowest BCUT2D eigenvalue weighted by molar-refractivity contribution is 0.446. The number of rotatable bonds is 3. The molecule has 2 aromatic heterocycles. The Balaban J connectivity index is 1.04. The van der Waals surface area contributed by atoms with Gasteiger partial charge < -0.3 is 13.9 Å². The SMILES string of the molecule is O=c1c2cc(-c3ccncc3)ccc2oc2ccc(-c3cccc(-c4ccc5c(c4)Oc4cccc6c4N5c4ccccc4O6)c3)cc12. The normalized spacial score (nSPS) is 12.5. The molecule has 0 radical (unpaired) electrons. The van der Waals surface area contributed by atoms with Gasteiger partial charge in [-0.15, -0.1) is 0 Å². The van der Waals surface area contributed by atoms with Crippen LogP contribution in [-0.2, 0) is 0 Å². The van der Waals surface area contributed by atoms with Crippen LogP contribution in [0, 0.1) is 0 Å². The molecule has 0 aliphatic carbocycles. The van der Waals surface area contributed by atoms with Crippen molar-refractivity contribution in [2.24, 2.45) is 0 Å². The second-order valence-electron chi connectivity index (χ2n) is 12.0. The minimum atomic E-state index is -0.0554. The van der Waals surface area contributed by atoms with Crippen LogP contribution in [0.1, 0.15) is 0 Å². The average Bonchev–Trinajstić information content (AvgIpc) is 3.15. The van der Waals surface area contributed by atoms with Crippen molar-refractivity contribution >= 4 is 39.0 Å². The predicted octanol–water partition coefficient (Wildman–Crippen LogP) is 11.0. The number of aromatic nitrogens is 1. The van der Waals surface area contributed by atoms with Gasteiger partial charge in [0.15, 0.2) is 23.0 Å². The zero-order valence-electron chi connectivity index (χ0n) is 25.4. The summed E-state index contributed by atoms with van der Waals surface area (Å²) in [5.74, 6) is 3.08. The van der Waals surface area contributed by atoms with Crippen molar-refractivity contribution in [3.05, 3.63) is 156 Å². The van der Waals surface area contributed by atoms with E-state index in [2.05, 4.69) is 52.3 Å². The molecule has 6 nitrogen and oxygen atoms in total. The number of para-hydroxylation sites is 3. The quantitative estimate of drug-likeness (QED) is 0.183. The maximum Gasteiger partial charge on any atom is 0.200 e. The Hall–Kier alpha value is -6.66. The molecule has 8 aromatic rings. The van der Waals surface area contributed by atoms with E-state index in [0.29, 0.717) is 21.9 Å². The van der Waals surface area contributed by atoms with E-state index in [9.17, 15) is 4.79 Å². The molecule has 226 valence electrons. The van der Waals surface area contributed by atoms with Crippen molar-refractivity contribution in [3.8, 4) is 56.4 Å². The number of hydrogen-bond donors (Lipinski definition) is 0. The first kappa shape index (κ1) is 26.5. The number of ether oxygens (including phenoxy) is 2. The molecule has 10 rings (SSSR count). The topological polar surface area (TPSA) is 64.8 Å². The highest BCUT2D eigenvalue weighted by Gasteiger charge is 2.34. The number of nitrogens with zero attached hydrogens (tertiary/aromatic N) is 2. The van der Waals surface area contributed by atoms with Gasteiger partial charge in [0.1, 0.15) is 16.9 Å². The van der Waals surface area contributed by atoms with Crippen LogP contribution in [-0.4, -0.2) is 4.98 Å². The molecule has 6 heteroatoms.